The van der Waals surface area contributed by atoms with Crippen molar-refractivity contribution in [3.63, 3.8) is 0 Å². The molecule has 1 aliphatic heterocycles. The standard InChI is InChI=1S/C14H17F3N2O2/c1-10-8-19(6-7-21-10)9-13(20)18-12-5-3-2-4-11(12)14(15,16)17/h2-5,10H,6-9H2,1H3,(H,18,20). The van der Waals surface area contributed by atoms with E-state index < -0.39 is 17.6 Å². The number of anilines is 1. The maximum Gasteiger partial charge on any atom is 0.418 e. The van der Waals surface area contributed by atoms with E-state index in [1.54, 1.807) is 0 Å². The summed E-state index contributed by atoms with van der Waals surface area (Å²) in [5.41, 5.74) is -1.05. The van der Waals surface area contributed by atoms with Crippen LogP contribution in [0, 0.1) is 0 Å². The maximum absolute atomic E-state index is 12.8. The number of ether oxygens (including phenoxy) is 1. The minimum absolute atomic E-state index is 0.0222. The second-order valence-corrected chi connectivity index (χ2v) is 5.01. The van der Waals surface area contributed by atoms with Gasteiger partial charge in [0.2, 0.25) is 5.91 Å². The molecule has 7 heteroatoms. The molecule has 0 aromatic heterocycles. The predicted octanol–water partition coefficient (Wildman–Crippen LogP) is 2.36. The lowest BCUT2D eigenvalue weighted by molar-refractivity contribution is -0.137. The third kappa shape index (κ3) is 4.44. The number of morpholine rings is 1. The first-order chi connectivity index (χ1) is 9.86. The highest BCUT2D eigenvalue weighted by molar-refractivity contribution is 5.93. The number of halogens is 3. The minimum atomic E-state index is -4.49. The summed E-state index contributed by atoms with van der Waals surface area (Å²) in [6.45, 7) is 3.66. The normalized spacial score (nSPS) is 20.3. The number of carbonyl (C=O) groups is 1. The fourth-order valence-corrected chi connectivity index (χ4v) is 2.27. The number of amides is 1. The van der Waals surface area contributed by atoms with E-state index in [-0.39, 0.29) is 18.3 Å². The second-order valence-electron chi connectivity index (χ2n) is 5.01. The largest absolute Gasteiger partial charge is 0.418 e. The number of carbonyl (C=O) groups excluding carboxylic acids is 1. The summed E-state index contributed by atoms with van der Waals surface area (Å²) in [6.07, 6.45) is -4.47. The van der Waals surface area contributed by atoms with Crippen LogP contribution in [0.1, 0.15) is 12.5 Å². The van der Waals surface area contributed by atoms with Crippen molar-refractivity contribution in [2.24, 2.45) is 0 Å². The smallest absolute Gasteiger partial charge is 0.376 e. The van der Waals surface area contributed by atoms with E-state index >= 15 is 0 Å². The van der Waals surface area contributed by atoms with Crippen LogP contribution >= 0.6 is 0 Å². The van der Waals surface area contributed by atoms with E-state index in [1.807, 2.05) is 11.8 Å². The number of nitrogens with zero attached hydrogens (tertiary/aromatic N) is 1. The Labute approximate surface area is 120 Å². The zero-order valence-electron chi connectivity index (χ0n) is 11.6. The molecular formula is C14H17F3N2O2. The van der Waals surface area contributed by atoms with Crippen molar-refractivity contribution in [1.82, 2.24) is 4.90 Å². The van der Waals surface area contributed by atoms with Crippen LogP contribution in [0.25, 0.3) is 0 Å². The van der Waals surface area contributed by atoms with Gasteiger partial charge in [-0.2, -0.15) is 13.2 Å². The van der Waals surface area contributed by atoms with Crippen LogP contribution in [0.4, 0.5) is 18.9 Å². The molecule has 2 rings (SSSR count). The third-order valence-corrected chi connectivity index (χ3v) is 3.20. The molecule has 21 heavy (non-hydrogen) atoms. The van der Waals surface area contributed by atoms with Gasteiger partial charge in [0, 0.05) is 13.1 Å². The number of hydrogen-bond donors (Lipinski definition) is 1. The molecule has 1 N–H and O–H groups in total. The van der Waals surface area contributed by atoms with Crippen LogP contribution < -0.4 is 5.32 Å². The molecule has 0 aliphatic carbocycles. The van der Waals surface area contributed by atoms with Crippen LogP contribution in [-0.2, 0) is 15.7 Å². The van der Waals surface area contributed by atoms with Gasteiger partial charge >= 0.3 is 6.18 Å². The Morgan fingerprint density at radius 3 is 2.81 bits per heavy atom. The topological polar surface area (TPSA) is 41.6 Å². The Morgan fingerprint density at radius 1 is 1.43 bits per heavy atom. The Hall–Kier alpha value is -1.60. The molecule has 0 bridgehead atoms. The molecule has 1 aliphatic rings. The molecular weight excluding hydrogens is 285 g/mol. The molecule has 1 unspecified atom stereocenters. The maximum atomic E-state index is 12.8. The van der Waals surface area contributed by atoms with Gasteiger partial charge in [-0.05, 0) is 19.1 Å². The van der Waals surface area contributed by atoms with Crippen molar-refractivity contribution in [3.05, 3.63) is 29.8 Å². The molecule has 0 saturated carbocycles. The molecule has 1 aromatic carbocycles. The molecule has 1 amide bonds. The van der Waals surface area contributed by atoms with Gasteiger partial charge in [0.15, 0.2) is 0 Å². The number of alkyl halides is 3. The molecule has 1 saturated heterocycles. The summed E-state index contributed by atoms with van der Waals surface area (Å²) in [6, 6.07) is 4.96. The predicted molar refractivity (Wildman–Crippen MR) is 71.9 cm³/mol. The number of hydrogen-bond acceptors (Lipinski definition) is 3. The first-order valence-corrected chi connectivity index (χ1v) is 6.66. The molecule has 1 aromatic rings. The van der Waals surface area contributed by atoms with Gasteiger partial charge in [-0.1, -0.05) is 12.1 Å². The van der Waals surface area contributed by atoms with Crippen molar-refractivity contribution >= 4 is 11.6 Å². The molecule has 4 nitrogen and oxygen atoms in total. The number of para-hydroxylation sites is 1. The summed E-state index contributed by atoms with van der Waals surface area (Å²) in [4.78, 5) is 13.8. The Kier molecular flexibility index (Phi) is 4.84. The quantitative estimate of drug-likeness (QED) is 0.932. The van der Waals surface area contributed by atoms with E-state index in [0.717, 1.165) is 6.07 Å². The van der Waals surface area contributed by atoms with Gasteiger partial charge in [-0.3, -0.25) is 9.69 Å². The Bertz CT molecular complexity index is 505. The molecule has 1 heterocycles. The highest BCUT2D eigenvalue weighted by Gasteiger charge is 2.33. The summed E-state index contributed by atoms with van der Waals surface area (Å²) in [5, 5.41) is 2.34. The monoisotopic (exact) mass is 302 g/mol. The number of nitrogens with one attached hydrogen (secondary N) is 1. The fourth-order valence-electron chi connectivity index (χ4n) is 2.27. The van der Waals surface area contributed by atoms with Crippen LogP contribution in [0.5, 0.6) is 0 Å². The van der Waals surface area contributed by atoms with Gasteiger partial charge in [-0.15, -0.1) is 0 Å². The minimum Gasteiger partial charge on any atom is -0.376 e. The van der Waals surface area contributed by atoms with Crippen LogP contribution in [0.2, 0.25) is 0 Å². The van der Waals surface area contributed by atoms with E-state index in [1.165, 1.54) is 18.2 Å². The summed E-state index contributed by atoms with van der Waals surface area (Å²) >= 11 is 0. The van der Waals surface area contributed by atoms with E-state index in [2.05, 4.69) is 5.32 Å². The highest BCUT2D eigenvalue weighted by Crippen LogP contribution is 2.34. The van der Waals surface area contributed by atoms with Gasteiger partial charge in [0.1, 0.15) is 0 Å². The van der Waals surface area contributed by atoms with Crippen molar-refractivity contribution < 1.29 is 22.7 Å². The van der Waals surface area contributed by atoms with Crippen LogP contribution in [0.3, 0.4) is 0 Å². The lowest BCUT2D eigenvalue weighted by Crippen LogP contribution is -2.44. The first kappa shape index (κ1) is 15.8. The molecule has 1 fully saturated rings. The highest BCUT2D eigenvalue weighted by atomic mass is 19.4. The second kappa shape index (κ2) is 6.44. The molecule has 1 atom stereocenters. The average Bonchev–Trinajstić information content (AvgIpc) is 2.37. The zero-order valence-corrected chi connectivity index (χ0v) is 11.6. The number of rotatable bonds is 3. The Balaban J connectivity index is 2.00. The molecule has 0 radical (unpaired) electrons. The summed E-state index contributed by atoms with van der Waals surface area (Å²) in [5.74, 6) is -0.458. The van der Waals surface area contributed by atoms with Gasteiger partial charge in [0.05, 0.1) is 30.5 Å². The molecule has 0 spiro atoms. The number of benzene rings is 1. The van der Waals surface area contributed by atoms with Crippen molar-refractivity contribution in [2.75, 3.05) is 31.6 Å². The Morgan fingerprint density at radius 2 is 2.14 bits per heavy atom. The van der Waals surface area contributed by atoms with Crippen molar-refractivity contribution in [3.8, 4) is 0 Å². The summed E-state index contributed by atoms with van der Waals surface area (Å²) in [7, 11) is 0. The van der Waals surface area contributed by atoms with Crippen LogP contribution in [0.15, 0.2) is 24.3 Å². The van der Waals surface area contributed by atoms with Crippen LogP contribution in [-0.4, -0.2) is 43.2 Å². The lowest BCUT2D eigenvalue weighted by atomic mass is 10.1. The van der Waals surface area contributed by atoms with E-state index in [4.69, 9.17) is 4.74 Å². The average molecular weight is 302 g/mol. The molecule has 116 valence electrons. The van der Waals surface area contributed by atoms with Gasteiger partial charge < -0.3 is 10.1 Å². The SMILES string of the molecule is CC1CN(CC(=O)Nc2ccccc2C(F)(F)F)CCO1. The van der Waals surface area contributed by atoms with E-state index in [9.17, 15) is 18.0 Å². The van der Waals surface area contributed by atoms with Gasteiger partial charge in [0.25, 0.3) is 0 Å². The van der Waals surface area contributed by atoms with Gasteiger partial charge in [-0.25, -0.2) is 0 Å². The van der Waals surface area contributed by atoms with E-state index in [0.29, 0.717) is 19.7 Å². The lowest BCUT2D eigenvalue weighted by Gasteiger charge is -2.30. The zero-order chi connectivity index (χ0) is 15.5. The van der Waals surface area contributed by atoms with Crippen molar-refractivity contribution in [1.29, 1.82) is 0 Å². The van der Waals surface area contributed by atoms with Crippen molar-refractivity contribution in [2.45, 2.75) is 19.2 Å². The summed E-state index contributed by atoms with van der Waals surface area (Å²) < 4.78 is 43.8. The fraction of sp³-hybridized carbons (Fsp3) is 0.500. The third-order valence-electron chi connectivity index (χ3n) is 3.20. The first-order valence-electron chi connectivity index (χ1n) is 6.66.